The van der Waals surface area contributed by atoms with Crippen LogP contribution < -0.4 is 4.74 Å². The summed E-state index contributed by atoms with van der Waals surface area (Å²) < 4.78 is 7.46. The molecule has 5 nitrogen and oxygen atoms in total. The van der Waals surface area contributed by atoms with Gasteiger partial charge >= 0.3 is 5.97 Å². The molecule has 0 spiro atoms. The van der Waals surface area contributed by atoms with E-state index >= 15 is 0 Å². The van der Waals surface area contributed by atoms with Gasteiger partial charge in [-0.3, -0.25) is 9.48 Å². The first-order chi connectivity index (χ1) is 15.0. The van der Waals surface area contributed by atoms with E-state index in [-0.39, 0.29) is 0 Å². The van der Waals surface area contributed by atoms with Gasteiger partial charge in [-0.25, -0.2) is 0 Å². The summed E-state index contributed by atoms with van der Waals surface area (Å²) in [6.45, 7) is 10.4. The summed E-state index contributed by atoms with van der Waals surface area (Å²) in [5.41, 5.74) is 2.65. The second-order valence-corrected chi connectivity index (χ2v) is 7.85. The van der Waals surface area contributed by atoms with Gasteiger partial charge < -0.3 is 9.84 Å². The lowest BCUT2D eigenvalue weighted by Gasteiger charge is -2.23. The standard InChI is InChI=1S/C20H26N2O3.C4H10.C2H6/c1-14-12-15(21-22(14)16-8-4-3-5-9-16)13-18(20(23)24)17-10-6-7-11-19(17)25-2;1-3-4-2;1-2/h6-7,10-12,16,18H,3-5,8-9,13H2,1-2H3,(H,23,24);3-4H2,1-2H3;1-2H3. The molecule has 1 fully saturated rings. The van der Waals surface area contributed by atoms with Crippen LogP contribution in [0.3, 0.4) is 0 Å². The molecule has 1 atom stereocenters. The van der Waals surface area contributed by atoms with Gasteiger partial charge in [-0.2, -0.15) is 5.10 Å². The Morgan fingerprint density at radius 1 is 1.16 bits per heavy atom. The summed E-state index contributed by atoms with van der Waals surface area (Å²) in [5, 5.41) is 14.5. The number of hydrogen-bond donors (Lipinski definition) is 1. The monoisotopic (exact) mass is 430 g/mol. The van der Waals surface area contributed by atoms with Gasteiger partial charge in [0.15, 0.2) is 0 Å². The van der Waals surface area contributed by atoms with Crippen LogP contribution in [0.15, 0.2) is 30.3 Å². The van der Waals surface area contributed by atoms with Gasteiger partial charge in [0.05, 0.1) is 24.8 Å². The summed E-state index contributed by atoms with van der Waals surface area (Å²) in [4.78, 5) is 11.9. The molecule has 1 aromatic carbocycles. The Hall–Kier alpha value is -2.30. The predicted octanol–water partition coefficient (Wildman–Crippen LogP) is 6.95. The number of rotatable bonds is 7. The minimum Gasteiger partial charge on any atom is -0.496 e. The summed E-state index contributed by atoms with van der Waals surface area (Å²) in [6.07, 6.45) is 9.14. The fraction of sp³-hybridized carbons (Fsp3) is 0.615. The molecule has 0 bridgehead atoms. The smallest absolute Gasteiger partial charge is 0.311 e. The molecule has 1 aromatic heterocycles. The molecule has 2 aromatic rings. The number of aryl methyl sites for hydroxylation is 1. The molecule has 0 aliphatic heterocycles. The number of aromatic nitrogens is 2. The largest absolute Gasteiger partial charge is 0.496 e. The lowest BCUT2D eigenvalue weighted by atomic mass is 9.93. The summed E-state index contributed by atoms with van der Waals surface area (Å²) in [7, 11) is 1.57. The van der Waals surface area contributed by atoms with Gasteiger partial charge in [0.1, 0.15) is 5.75 Å². The zero-order valence-electron chi connectivity index (χ0n) is 20.4. The first-order valence-electron chi connectivity index (χ1n) is 11.9. The number of carboxylic acids is 1. The third-order valence-corrected chi connectivity index (χ3v) is 5.62. The van der Waals surface area contributed by atoms with Crippen LogP contribution in [0.1, 0.15) is 102 Å². The van der Waals surface area contributed by atoms with Gasteiger partial charge in [-0.15, -0.1) is 0 Å². The van der Waals surface area contributed by atoms with Crippen LogP contribution in [0, 0.1) is 6.92 Å². The van der Waals surface area contributed by atoms with E-state index in [1.54, 1.807) is 13.2 Å². The molecular weight excluding hydrogens is 388 g/mol. The van der Waals surface area contributed by atoms with Crippen LogP contribution in [0.5, 0.6) is 5.75 Å². The number of ether oxygens (including phenoxy) is 1. The van der Waals surface area contributed by atoms with Gasteiger partial charge in [-0.1, -0.05) is 78.0 Å². The fourth-order valence-corrected chi connectivity index (χ4v) is 3.84. The van der Waals surface area contributed by atoms with Crippen molar-refractivity contribution in [2.75, 3.05) is 7.11 Å². The quantitative estimate of drug-likeness (QED) is 0.516. The SMILES string of the molecule is CC.CCCC.COc1ccccc1C(Cc1cc(C)n(C2CCCCC2)n1)C(=O)O. The molecule has 3 rings (SSSR count). The summed E-state index contributed by atoms with van der Waals surface area (Å²) in [6, 6.07) is 9.81. The molecule has 0 saturated heterocycles. The predicted molar refractivity (Wildman–Crippen MR) is 128 cm³/mol. The molecular formula is C26H42N2O3. The maximum atomic E-state index is 11.9. The van der Waals surface area contributed by atoms with Crippen LogP contribution in [0.2, 0.25) is 0 Å². The number of para-hydroxylation sites is 1. The molecule has 5 heteroatoms. The van der Waals surface area contributed by atoms with Crippen molar-refractivity contribution < 1.29 is 14.6 Å². The second-order valence-electron chi connectivity index (χ2n) is 7.85. The molecule has 0 radical (unpaired) electrons. The number of methoxy groups -OCH3 is 1. The van der Waals surface area contributed by atoms with E-state index < -0.39 is 11.9 Å². The minimum absolute atomic E-state index is 0.371. The van der Waals surface area contributed by atoms with Crippen LogP contribution in [-0.2, 0) is 11.2 Å². The lowest BCUT2D eigenvalue weighted by molar-refractivity contribution is -0.138. The van der Waals surface area contributed by atoms with Crippen molar-refractivity contribution in [3.8, 4) is 5.75 Å². The van der Waals surface area contributed by atoms with Crippen molar-refractivity contribution in [2.24, 2.45) is 0 Å². The number of carbonyl (C=O) groups is 1. The van der Waals surface area contributed by atoms with Crippen LogP contribution in [-0.4, -0.2) is 28.0 Å². The topological polar surface area (TPSA) is 64.4 Å². The lowest BCUT2D eigenvalue weighted by Crippen LogP contribution is -2.17. The zero-order valence-corrected chi connectivity index (χ0v) is 20.4. The molecule has 1 N–H and O–H groups in total. The molecule has 1 heterocycles. The van der Waals surface area contributed by atoms with Crippen LogP contribution in [0.25, 0.3) is 0 Å². The first-order valence-corrected chi connectivity index (χ1v) is 11.9. The van der Waals surface area contributed by atoms with Crippen molar-refractivity contribution in [2.45, 2.75) is 97.9 Å². The summed E-state index contributed by atoms with van der Waals surface area (Å²) >= 11 is 0. The number of unbranched alkanes of at least 4 members (excludes halogenated alkanes) is 1. The van der Waals surface area contributed by atoms with Gasteiger partial charge in [0.2, 0.25) is 0 Å². The Balaban J connectivity index is 0.000000720. The van der Waals surface area contributed by atoms with E-state index in [1.807, 2.05) is 38.1 Å². The van der Waals surface area contributed by atoms with Crippen LogP contribution >= 0.6 is 0 Å². The van der Waals surface area contributed by atoms with E-state index in [2.05, 4.69) is 25.5 Å². The molecule has 1 aliphatic carbocycles. The average molecular weight is 431 g/mol. The highest BCUT2D eigenvalue weighted by Crippen LogP contribution is 2.32. The van der Waals surface area contributed by atoms with E-state index in [0.717, 1.165) is 24.2 Å². The first kappa shape index (κ1) is 26.7. The Kier molecular flexibility index (Phi) is 12.6. The molecule has 1 saturated carbocycles. The minimum atomic E-state index is -0.852. The third kappa shape index (κ3) is 8.04. The molecule has 1 aliphatic rings. The van der Waals surface area contributed by atoms with Crippen LogP contribution in [0.4, 0.5) is 0 Å². The highest BCUT2D eigenvalue weighted by atomic mass is 16.5. The van der Waals surface area contributed by atoms with Crippen molar-refractivity contribution >= 4 is 5.97 Å². The maximum absolute atomic E-state index is 11.9. The molecule has 31 heavy (non-hydrogen) atoms. The van der Waals surface area contributed by atoms with Crippen molar-refractivity contribution in [3.05, 3.63) is 47.3 Å². The second kappa shape index (κ2) is 14.7. The number of hydrogen-bond acceptors (Lipinski definition) is 3. The van der Waals surface area contributed by atoms with E-state index in [4.69, 9.17) is 9.84 Å². The van der Waals surface area contributed by atoms with Crippen molar-refractivity contribution in [3.63, 3.8) is 0 Å². The highest BCUT2D eigenvalue weighted by molar-refractivity contribution is 5.77. The average Bonchev–Trinajstić information content (AvgIpc) is 3.19. The van der Waals surface area contributed by atoms with Gasteiger partial charge in [0, 0.05) is 17.7 Å². The Morgan fingerprint density at radius 2 is 1.77 bits per heavy atom. The number of carboxylic acid groups (broad SMARTS) is 1. The van der Waals surface area contributed by atoms with E-state index in [0.29, 0.717) is 23.8 Å². The number of nitrogens with zero attached hydrogens (tertiary/aromatic N) is 2. The van der Waals surface area contributed by atoms with Crippen molar-refractivity contribution in [1.82, 2.24) is 9.78 Å². The maximum Gasteiger partial charge on any atom is 0.311 e. The number of aliphatic carboxylic acids is 1. The summed E-state index contributed by atoms with van der Waals surface area (Å²) in [5.74, 6) is -0.905. The number of benzene rings is 1. The van der Waals surface area contributed by atoms with Crippen molar-refractivity contribution in [1.29, 1.82) is 0 Å². The fourth-order valence-electron chi connectivity index (χ4n) is 3.84. The normalized spacial score (nSPS) is 14.5. The van der Waals surface area contributed by atoms with E-state index in [1.165, 1.54) is 32.1 Å². The Labute approximate surface area is 188 Å². The molecule has 1 unspecified atom stereocenters. The molecule has 0 amide bonds. The van der Waals surface area contributed by atoms with Gasteiger partial charge in [-0.05, 0) is 31.9 Å². The molecule has 174 valence electrons. The zero-order chi connectivity index (χ0) is 23.2. The Morgan fingerprint density at radius 3 is 2.32 bits per heavy atom. The highest BCUT2D eigenvalue weighted by Gasteiger charge is 2.26. The third-order valence-electron chi connectivity index (χ3n) is 5.62. The Bertz CT molecular complexity index is 762. The van der Waals surface area contributed by atoms with E-state index in [9.17, 15) is 9.90 Å². The van der Waals surface area contributed by atoms with Gasteiger partial charge in [0.25, 0.3) is 0 Å².